The van der Waals surface area contributed by atoms with Crippen LogP contribution in [0.2, 0.25) is 0 Å². The minimum absolute atomic E-state index is 1.22. The van der Waals surface area contributed by atoms with Crippen molar-refractivity contribution in [2.24, 2.45) is 0 Å². The molecule has 0 atom stereocenters. The van der Waals surface area contributed by atoms with E-state index in [1.54, 1.807) is 0 Å². The molecular weight excluding hydrogens is 204 g/mol. The van der Waals surface area contributed by atoms with Crippen molar-refractivity contribution in [2.45, 2.75) is 58.8 Å². The zero-order chi connectivity index (χ0) is 12.3. The molecule has 0 fully saturated rings. The Kier molecular flexibility index (Phi) is 7.46. The summed E-state index contributed by atoms with van der Waals surface area (Å²) in [5, 5.41) is 0. The molecule has 0 aliphatic carbocycles. The van der Waals surface area contributed by atoms with E-state index in [4.69, 9.17) is 0 Å². The topological polar surface area (TPSA) is 0 Å². The van der Waals surface area contributed by atoms with Gasteiger partial charge in [0.15, 0.2) is 0 Å². The maximum atomic E-state index is 2.32. The molecule has 1 aromatic carbocycles. The number of aryl methyl sites for hydroxylation is 1. The first-order valence-corrected chi connectivity index (χ1v) is 7.06. The van der Waals surface area contributed by atoms with Gasteiger partial charge in [-0.3, -0.25) is 0 Å². The lowest BCUT2D eigenvalue weighted by Gasteiger charge is -1.99. The Morgan fingerprint density at radius 3 is 2.41 bits per heavy atom. The average Bonchev–Trinajstić information content (AvgIpc) is 2.35. The van der Waals surface area contributed by atoms with Crippen LogP contribution in [0, 0.1) is 6.92 Å². The van der Waals surface area contributed by atoms with Crippen molar-refractivity contribution in [1.82, 2.24) is 0 Å². The Hall–Kier alpha value is -1.04. The molecule has 0 bridgehead atoms. The maximum Gasteiger partial charge on any atom is -0.0231 e. The Balaban J connectivity index is 2.12. The van der Waals surface area contributed by atoms with E-state index < -0.39 is 0 Å². The third-order valence-corrected chi connectivity index (χ3v) is 3.21. The highest BCUT2D eigenvalue weighted by Crippen LogP contribution is 2.11. The van der Waals surface area contributed by atoms with Gasteiger partial charge in [0.05, 0.1) is 0 Å². The lowest BCUT2D eigenvalue weighted by molar-refractivity contribution is 0.611. The third kappa shape index (κ3) is 6.31. The first-order chi connectivity index (χ1) is 8.34. The minimum atomic E-state index is 1.22. The monoisotopic (exact) mass is 230 g/mol. The smallest absolute Gasteiger partial charge is 0.0231 e. The quantitative estimate of drug-likeness (QED) is 0.498. The summed E-state index contributed by atoms with van der Waals surface area (Å²) in [6.45, 7) is 4.44. The van der Waals surface area contributed by atoms with Gasteiger partial charge in [-0.2, -0.15) is 0 Å². The van der Waals surface area contributed by atoms with E-state index in [2.05, 4.69) is 50.3 Å². The van der Waals surface area contributed by atoms with Crippen molar-refractivity contribution in [3.63, 3.8) is 0 Å². The van der Waals surface area contributed by atoms with E-state index in [9.17, 15) is 0 Å². The summed E-state index contributed by atoms with van der Waals surface area (Å²) >= 11 is 0. The summed E-state index contributed by atoms with van der Waals surface area (Å²) in [5.41, 5.74) is 2.73. The molecule has 1 rings (SSSR count). The number of benzene rings is 1. The lowest BCUT2D eigenvalue weighted by atomic mass is 10.1. The van der Waals surface area contributed by atoms with E-state index in [-0.39, 0.29) is 0 Å². The molecule has 17 heavy (non-hydrogen) atoms. The Morgan fingerprint density at radius 1 is 0.941 bits per heavy atom. The van der Waals surface area contributed by atoms with Gasteiger partial charge in [-0.25, -0.2) is 0 Å². The third-order valence-electron chi connectivity index (χ3n) is 3.21. The maximum absolute atomic E-state index is 2.32. The number of allylic oxidation sites excluding steroid dienone is 1. The first kappa shape index (κ1) is 14.0. The van der Waals surface area contributed by atoms with Crippen LogP contribution >= 0.6 is 0 Å². The molecule has 0 aromatic heterocycles. The van der Waals surface area contributed by atoms with E-state index in [1.807, 2.05) is 0 Å². The fraction of sp³-hybridized carbons (Fsp3) is 0.529. The summed E-state index contributed by atoms with van der Waals surface area (Å²) in [4.78, 5) is 0. The molecule has 0 nitrogen and oxygen atoms in total. The van der Waals surface area contributed by atoms with Crippen molar-refractivity contribution in [3.05, 3.63) is 41.5 Å². The van der Waals surface area contributed by atoms with E-state index in [1.165, 1.54) is 56.1 Å². The molecule has 0 amide bonds. The first-order valence-electron chi connectivity index (χ1n) is 7.06. The molecule has 0 heteroatoms. The van der Waals surface area contributed by atoms with Crippen LogP contribution in [0.3, 0.4) is 0 Å². The summed E-state index contributed by atoms with van der Waals surface area (Å²) in [6.07, 6.45) is 14.1. The van der Waals surface area contributed by atoms with Crippen molar-refractivity contribution in [2.75, 3.05) is 0 Å². The second kappa shape index (κ2) is 9.04. The molecule has 1 aromatic rings. The predicted molar refractivity (Wildman–Crippen MR) is 78.2 cm³/mol. The number of rotatable bonds is 8. The summed E-state index contributed by atoms with van der Waals surface area (Å²) in [5.74, 6) is 0. The number of hydrogen-bond donors (Lipinski definition) is 0. The Bertz CT molecular complexity index is 323. The highest BCUT2D eigenvalue weighted by atomic mass is 14.0. The van der Waals surface area contributed by atoms with Gasteiger partial charge >= 0.3 is 0 Å². The Labute approximate surface area is 107 Å². The van der Waals surface area contributed by atoms with Crippen LogP contribution in [-0.2, 0) is 0 Å². The molecule has 0 heterocycles. The molecule has 0 aliphatic heterocycles. The fourth-order valence-corrected chi connectivity index (χ4v) is 2.03. The van der Waals surface area contributed by atoms with Crippen LogP contribution in [0.4, 0.5) is 0 Å². The fourth-order valence-electron chi connectivity index (χ4n) is 2.03. The highest BCUT2D eigenvalue weighted by Gasteiger charge is 1.91. The number of hydrogen-bond acceptors (Lipinski definition) is 0. The lowest BCUT2D eigenvalue weighted by Crippen LogP contribution is -1.79. The van der Waals surface area contributed by atoms with Gasteiger partial charge in [0.25, 0.3) is 0 Å². The molecule has 0 N–H and O–H groups in total. The van der Waals surface area contributed by atoms with Gasteiger partial charge in [0.2, 0.25) is 0 Å². The Morgan fingerprint density at radius 2 is 1.65 bits per heavy atom. The SMILES string of the molecule is CCCCCCCC/C=C/c1ccccc1C. The van der Waals surface area contributed by atoms with Crippen molar-refractivity contribution < 1.29 is 0 Å². The molecule has 94 valence electrons. The van der Waals surface area contributed by atoms with E-state index >= 15 is 0 Å². The standard InChI is InChI=1S/C17H26/c1-3-4-5-6-7-8-9-10-14-17-15-12-11-13-16(17)2/h10-15H,3-9H2,1-2H3/b14-10+. The minimum Gasteiger partial charge on any atom is -0.0839 e. The zero-order valence-corrected chi connectivity index (χ0v) is 11.4. The molecule has 0 saturated carbocycles. The van der Waals surface area contributed by atoms with Crippen LogP contribution in [0.25, 0.3) is 6.08 Å². The molecular formula is C17H26. The molecule has 0 unspecified atom stereocenters. The van der Waals surface area contributed by atoms with Crippen LogP contribution < -0.4 is 0 Å². The van der Waals surface area contributed by atoms with Gasteiger partial charge in [-0.1, -0.05) is 75.4 Å². The van der Waals surface area contributed by atoms with Crippen LogP contribution in [0.15, 0.2) is 30.3 Å². The van der Waals surface area contributed by atoms with Crippen LogP contribution in [0.1, 0.15) is 63.0 Å². The summed E-state index contributed by atoms with van der Waals surface area (Å²) < 4.78 is 0. The predicted octanol–water partition coefficient (Wildman–Crippen LogP) is 5.76. The molecule has 0 aliphatic rings. The number of unbranched alkanes of at least 4 members (excludes halogenated alkanes) is 6. The molecule has 0 saturated heterocycles. The van der Waals surface area contributed by atoms with E-state index in [0.717, 1.165) is 0 Å². The van der Waals surface area contributed by atoms with Crippen molar-refractivity contribution >= 4 is 6.08 Å². The van der Waals surface area contributed by atoms with Gasteiger partial charge in [0.1, 0.15) is 0 Å². The van der Waals surface area contributed by atoms with Crippen molar-refractivity contribution in [1.29, 1.82) is 0 Å². The average molecular weight is 230 g/mol. The van der Waals surface area contributed by atoms with Crippen LogP contribution in [0.5, 0.6) is 0 Å². The highest BCUT2D eigenvalue weighted by molar-refractivity contribution is 5.53. The van der Waals surface area contributed by atoms with Gasteiger partial charge in [-0.15, -0.1) is 0 Å². The largest absolute Gasteiger partial charge is 0.0839 e. The van der Waals surface area contributed by atoms with Crippen molar-refractivity contribution in [3.8, 4) is 0 Å². The van der Waals surface area contributed by atoms with Crippen LogP contribution in [-0.4, -0.2) is 0 Å². The molecule has 0 radical (unpaired) electrons. The van der Waals surface area contributed by atoms with Gasteiger partial charge < -0.3 is 0 Å². The summed E-state index contributed by atoms with van der Waals surface area (Å²) in [7, 11) is 0. The van der Waals surface area contributed by atoms with Gasteiger partial charge in [0, 0.05) is 0 Å². The zero-order valence-electron chi connectivity index (χ0n) is 11.4. The second-order valence-corrected chi connectivity index (χ2v) is 4.82. The van der Waals surface area contributed by atoms with Gasteiger partial charge in [-0.05, 0) is 30.9 Å². The second-order valence-electron chi connectivity index (χ2n) is 4.82. The normalized spacial score (nSPS) is 11.2. The van der Waals surface area contributed by atoms with E-state index in [0.29, 0.717) is 0 Å². The molecule has 0 spiro atoms. The summed E-state index contributed by atoms with van der Waals surface area (Å²) in [6, 6.07) is 8.56.